The van der Waals surface area contributed by atoms with Crippen LogP contribution in [0.4, 0.5) is 0 Å². The molecule has 3 N–H and O–H groups in total. The van der Waals surface area contributed by atoms with Crippen LogP contribution in [0.15, 0.2) is 0 Å². The van der Waals surface area contributed by atoms with Gasteiger partial charge >= 0.3 is 11.9 Å². The maximum absolute atomic E-state index is 13.0. The van der Waals surface area contributed by atoms with E-state index in [2.05, 4.69) is 15.2 Å². The lowest BCUT2D eigenvalue weighted by atomic mass is 10.0. The summed E-state index contributed by atoms with van der Waals surface area (Å²) in [5, 5.41) is 15.8. The number of aromatic amines is 2. The van der Waals surface area contributed by atoms with Crippen molar-refractivity contribution in [1.82, 2.24) is 20.1 Å². The van der Waals surface area contributed by atoms with E-state index in [1.54, 1.807) is 25.7 Å². The van der Waals surface area contributed by atoms with Gasteiger partial charge in [-0.3, -0.25) is 9.89 Å². The lowest BCUT2D eigenvalue weighted by Crippen LogP contribution is -2.36. The monoisotopic (exact) mass is 360 g/mol. The fourth-order valence-corrected chi connectivity index (χ4v) is 3.28. The van der Waals surface area contributed by atoms with Crippen LogP contribution in [0.3, 0.4) is 0 Å². The molecular formula is C17H20N4O5. The zero-order valence-corrected chi connectivity index (χ0v) is 14.8. The number of carboxylic acids is 1. The van der Waals surface area contributed by atoms with Gasteiger partial charge in [0.25, 0.3) is 5.91 Å². The number of hydrogen-bond acceptors (Lipinski definition) is 5. The van der Waals surface area contributed by atoms with E-state index < -0.39 is 11.9 Å². The number of carbonyl (C=O) groups is 3. The zero-order chi connectivity index (χ0) is 19.0. The molecule has 1 aliphatic heterocycles. The number of fused-ring (bicyclic) bond motifs is 1. The molecule has 0 radical (unpaired) electrons. The molecule has 0 spiro atoms. The molecule has 9 nitrogen and oxygen atoms in total. The number of aryl methyl sites for hydroxylation is 1. The Balaban J connectivity index is 1.90. The Labute approximate surface area is 149 Å². The molecule has 0 saturated carbocycles. The Morgan fingerprint density at radius 1 is 1.31 bits per heavy atom. The normalized spacial score (nSPS) is 13.4. The van der Waals surface area contributed by atoms with Crippen molar-refractivity contribution in [2.24, 2.45) is 0 Å². The number of carbonyl (C=O) groups excluding carboxylic acids is 2. The topological polar surface area (TPSA) is 128 Å². The summed E-state index contributed by atoms with van der Waals surface area (Å²) in [5.74, 6) is -1.89. The zero-order valence-electron chi connectivity index (χ0n) is 14.8. The smallest absolute Gasteiger partial charge is 0.356 e. The van der Waals surface area contributed by atoms with Gasteiger partial charge in [-0.05, 0) is 26.3 Å². The molecule has 0 bridgehead atoms. The maximum Gasteiger partial charge on any atom is 0.356 e. The van der Waals surface area contributed by atoms with Gasteiger partial charge in [-0.1, -0.05) is 0 Å². The molecule has 0 atom stereocenters. The molecule has 3 heterocycles. The van der Waals surface area contributed by atoms with Gasteiger partial charge in [0, 0.05) is 29.9 Å². The van der Waals surface area contributed by atoms with E-state index in [0.29, 0.717) is 35.3 Å². The van der Waals surface area contributed by atoms with Gasteiger partial charge in [-0.25, -0.2) is 9.59 Å². The molecule has 3 rings (SSSR count). The Morgan fingerprint density at radius 3 is 2.69 bits per heavy atom. The third-order valence-electron chi connectivity index (χ3n) is 4.55. The van der Waals surface area contributed by atoms with Crippen LogP contribution in [0.1, 0.15) is 60.8 Å². The van der Waals surface area contributed by atoms with E-state index in [4.69, 9.17) is 4.74 Å². The number of rotatable bonds is 4. The number of aromatic carboxylic acids is 1. The molecule has 138 valence electrons. The van der Waals surface area contributed by atoms with Gasteiger partial charge in [-0.2, -0.15) is 5.10 Å². The molecular weight excluding hydrogens is 340 g/mol. The molecule has 1 aliphatic rings. The van der Waals surface area contributed by atoms with E-state index in [9.17, 15) is 19.5 Å². The van der Waals surface area contributed by atoms with Gasteiger partial charge in [0.15, 0.2) is 5.69 Å². The summed E-state index contributed by atoms with van der Waals surface area (Å²) in [6, 6.07) is 0. The lowest BCUT2D eigenvalue weighted by molar-refractivity contribution is 0.0518. The second-order valence-corrected chi connectivity index (χ2v) is 6.16. The summed E-state index contributed by atoms with van der Waals surface area (Å²) in [7, 11) is 0. The lowest BCUT2D eigenvalue weighted by Gasteiger charge is -2.27. The quantitative estimate of drug-likeness (QED) is 0.708. The first-order chi connectivity index (χ1) is 12.3. The number of hydrogen-bond donors (Lipinski definition) is 3. The highest BCUT2D eigenvalue weighted by atomic mass is 16.5. The van der Waals surface area contributed by atoms with Crippen molar-refractivity contribution in [2.45, 2.75) is 33.7 Å². The Kier molecular flexibility index (Phi) is 4.54. The maximum atomic E-state index is 13.0. The number of nitrogens with zero attached hydrogens (tertiary/aromatic N) is 2. The average molecular weight is 360 g/mol. The van der Waals surface area contributed by atoms with Crippen LogP contribution in [0.5, 0.6) is 0 Å². The Bertz CT molecular complexity index is 895. The summed E-state index contributed by atoms with van der Waals surface area (Å²) in [6.07, 6.45) is 0.495. The third kappa shape index (κ3) is 2.85. The fraction of sp³-hybridized carbons (Fsp3) is 0.412. The SMILES string of the molecule is CCOC(=O)c1[nH]c(C)c(C(=O)N2CCc3[nH]nc(C(=O)O)c3C2)c1C. The number of H-pyrrole nitrogens is 2. The van der Waals surface area contributed by atoms with Crippen molar-refractivity contribution < 1.29 is 24.2 Å². The second kappa shape index (κ2) is 6.66. The highest BCUT2D eigenvalue weighted by molar-refractivity contribution is 6.01. The van der Waals surface area contributed by atoms with Crippen molar-refractivity contribution >= 4 is 17.8 Å². The Hall–Kier alpha value is -3.10. The molecule has 1 amide bonds. The van der Waals surface area contributed by atoms with Gasteiger partial charge < -0.3 is 19.7 Å². The van der Waals surface area contributed by atoms with Gasteiger partial charge in [0.2, 0.25) is 0 Å². The number of esters is 1. The first-order valence-corrected chi connectivity index (χ1v) is 8.30. The number of nitrogens with one attached hydrogen (secondary N) is 2. The van der Waals surface area contributed by atoms with Gasteiger partial charge in [0.1, 0.15) is 5.69 Å². The molecule has 2 aromatic rings. The molecule has 26 heavy (non-hydrogen) atoms. The summed E-state index contributed by atoms with van der Waals surface area (Å²) < 4.78 is 5.01. The minimum atomic E-state index is -1.13. The standard InChI is InChI=1S/C17H20N4O5/c1-4-26-17(25)13-8(2)12(9(3)18-13)15(22)21-6-5-11-10(7-21)14(16(23)24)20-19-11/h18H,4-7H2,1-3H3,(H,19,20)(H,23,24). The van der Waals surface area contributed by atoms with E-state index >= 15 is 0 Å². The van der Waals surface area contributed by atoms with Crippen molar-refractivity contribution in [3.8, 4) is 0 Å². The molecule has 0 saturated heterocycles. The Morgan fingerprint density at radius 2 is 2.04 bits per heavy atom. The van der Waals surface area contributed by atoms with Crippen LogP contribution >= 0.6 is 0 Å². The van der Waals surface area contributed by atoms with Crippen LogP contribution in [-0.2, 0) is 17.7 Å². The van der Waals surface area contributed by atoms with Crippen molar-refractivity contribution in [3.05, 3.63) is 39.5 Å². The summed E-state index contributed by atoms with van der Waals surface area (Å²) in [4.78, 5) is 40.8. The first kappa shape index (κ1) is 17.7. The summed E-state index contributed by atoms with van der Waals surface area (Å²) >= 11 is 0. The summed E-state index contributed by atoms with van der Waals surface area (Å²) in [6.45, 7) is 5.97. The number of carboxylic acid groups (broad SMARTS) is 1. The van der Waals surface area contributed by atoms with E-state index in [1.165, 1.54) is 0 Å². The number of ether oxygens (including phenoxy) is 1. The van der Waals surface area contributed by atoms with Gasteiger partial charge in [0.05, 0.1) is 18.7 Å². The molecule has 2 aromatic heterocycles. The second-order valence-electron chi connectivity index (χ2n) is 6.16. The predicted octanol–water partition coefficient (Wildman–Crippen LogP) is 1.43. The first-order valence-electron chi connectivity index (χ1n) is 8.30. The molecule has 0 fully saturated rings. The van der Waals surface area contributed by atoms with E-state index in [-0.39, 0.29) is 30.4 Å². The summed E-state index contributed by atoms with van der Waals surface area (Å²) in [5.41, 5.74) is 2.98. The predicted molar refractivity (Wildman–Crippen MR) is 90.2 cm³/mol. The van der Waals surface area contributed by atoms with Crippen LogP contribution in [0, 0.1) is 13.8 Å². The molecule has 0 aromatic carbocycles. The van der Waals surface area contributed by atoms with Crippen LogP contribution in [-0.4, -0.2) is 56.2 Å². The minimum absolute atomic E-state index is 0.0628. The van der Waals surface area contributed by atoms with Crippen molar-refractivity contribution in [3.63, 3.8) is 0 Å². The van der Waals surface area contributed by atoms with Crippen LogP contribution < -0.4 is 0 Å². The minimum Gasteiger partial charge on any atom is -0.476 e. The molecule has 0 unspecified atom stereocenters. The van der Waals surface area contributed by atoms with Crippen LogP contribution in [0.2, 0.25) is 0 Å². The van der Waals surface area contributed by atoms with E-state index in [0.717, 1.165) is 5.69 Å². The molecule has 0 aliphatic carbocycles. The highest BCUT2D eigenvalue weighted by Crippen LogP contribution is 2.25. The largest absolute Gasteiger partial charge is 0.476 e. The van der Waals surface area contributed by atoms with E-state index in [1.807, 2.05) is 0 Å². The van der Waals surface area contributed by atoms with Crippen molar-refractivity contribution in [1.29, 1.82) is 0 Å². The molecule has 9 heteroatoms. The third-order valence-corrected chi connectivity index (χ3v) is 4.55. The van der Waals surface area contributed by atoms with Crippen LogP contribution in [0.25, 0.3) is 0 Å². The fourth-order valence-electron chi connectivity index (χ4n) is 3.28. The number of amides is 1. The van der Waals surface area contributed by atoms with Crippen molar-refractivity contribution in [2.75, 3.05) is 13.2 Å². The highest BCUT2D eigenvalue weighted by Gasteiger charge is 2.31. The number of aromatic nitrogens is 3. The van der Waals surface area contributed by atoms with Gasteiger partial charge in [-0.15, -0.1) is 0 Å². The average Bonchev–Trinajstić information content (AvgIpc) is 3.15.